The summed E-state index contributed by atoms with van der Waals surface area (Å²) in [6, 6.07) is 7.94. The molecule has 23 heavy (non-hydrogen) atoms. The first-order chi connectivity index (χ1) is 10.7. The number of hydrogen-bond donors (Lipinski definition) is 3. The third-order valence-electron chi connectivity index (χ3n) is 2.87. The molecule has 0 aliphatic carbocycles. The maximum Gasteiger partial charge on any atom is 0.427 e. The molecule has 6 nitrogen and oxygen atoms in total. The number of alkyl halides is 3. The number of carbonyl (C=O) groups is 2. The van der Waals surface area contributed by atoms with Gasteiger partial charge in [0.1, 0.15) is 0 Å². The summed E-state index contributed by atoms with van der Waals surface area (Å²) in [4.78, 5) is 22.2. The SMILES string of the molecule is C=CCC(OCc1ccccc1)(C(=O)NNC(=O)O)C(F)(F)F. The lowest BCUT2D eigenvalue weighted by atomic mass is 9.97. The van der Waals surface area contributed by atoms with Crippen molar-refractivity contribution in [2.24, 2.45) is 0 Å². The van der Waals surface area contributed by atoms with Crippen LogP contribution in [0.25, 0.3) is 0 Å². The van der Waals surface area contributed by atoms with Crippen LogP contribution in [0.4, 0.5) is 18.0 Å². The molecular weight excluding hydrogens is 317 g/mol. The highest BCUT2D eigenvalue weighted by molar-refractivity contribution is 5.87. The van der Waals surface area contributed by atoms with Gasteiger partial charge in [0.2, 0.25) is 5.60 Å². The van der Waals surface area contributed by atoms with Crippen LogP contribution in [-0.4, -0.2) is 28.9 Å². The molecule has 0 heterocycles. The third-order valence-corrected chi connectivity index (χ3v) is 2.87. The minimum absolute atomic E-state index is 0.421. The number of hydrogen-bond acceptors (Lipinski definition) is 3. The number of carboxylic acid groups (broad SMARTS) is 1. The van der Waals surface area contributed by atoms with Crippen molar-refractivity contribution in [2.45, 2.75) is 24.8 Å². The van der Waals surface area contributed by atoms with E-state index in [1.54, 1.807) is 18.2 Å². The van der Waals surface area contributed by atoms with E-state index >= 15 is 0 Å². The van der Waals surface area contributed by atoms with Gasteiger partial charge in [0.15, 0.2) is 0 Å². The van der Waals surface area contributed by atoms with Crippen molar-refractivity contribution in [1.82, 2.24) is 10.9 Å². The number of benzene rings is 1. The first-order valence-electron chi connectivity index (χ1n) is 6.38. The van der Waals surface area contributed by atoms with Gasteiger partial charge in [-0.25, -0.2) is 10.2 Å². The summed E-state index contributed by atoms with van der Waals surface area (Å²) < 4.78 is 45.2. The molecule has 126 valence electrons. The molecule has 1 rings (SSSR count). The fourth-order valence-electron chi connectivity index (χ4n) is 1.74. The number of rotatable bonds is 6. The van der Waals surface area contributed by atoms with Gasteiger partial charge < -0.3 is 9.84 Å². The van der Waals surface area contributed by atoms with Crippen molar-refractivity contribution >= 4 is 12.0 Å². The highest BCUT2D eigenvalue weighted by atomic mass is 19.4. The average molecular weight is 332 g/mol. The van der Waals surface area contributed by atoms with Gasteiger partial charge in [0.25, 0.3) is 5.91 Å². The molecule has 0 radical (unpaired) electrons. The quantitative estimate of drug-likeness (QED) is 0.551. The number of nitrogens with one attached hydrogen (secondary N) is 2. The molecule has 0 aromatic heterocycles. The van der Waals surface area contributed by atoms with Gasteiger partial charge in [-0.05, 0) is 5.56 Å². The molecule has 1 aromatic carbocycles. The summed E-state index contributed by atoms with van der Waals surface area (Å²) in [6.07, 6.45) is -6.80. The van der Waals surface area contributed by atoms with E-state index in [1.807, 2.05) is 0 Å². The summed E-state index contributed by atoms with van der Waals surface area (Å²) in [5.41, 5.74) is 0.0151. The molecule has 0 bridgehead atoms. The number of ether oxygens (including phenoxy) is 1. The summed E-state index contributed by atoms with van der Waals surface area (Å²) in [6.45, 7) is 2.70. The van der Waals surface area contributed by atoms with Crippen LogP contribution in [0.3, 0.4) is 0 Å². The maximum absolute atomic E-state index is 13.4. The van der Waals surface area contributed by atoms with E-state index in [0.717, 1.165) is 6.08 Å². The lowest BCUT2D eigenvalue weighted by Gasteiger charge is -2.33. The molecule has 1 unspecified atom stereocenters. The van der Waals surface area contributed by atoms with E-state index < -0.39 is 36.8 Å². The van der Waals surface area contributed by atoms with Crippen molar-refractivity contribution in [1.29, 1.82) is 0 Å². The van der Waals surface area contributed by atoms with Crippen molar-refractivity contribution in [3.8, 4) is 0 Å². The number of amides is 2. The second-order valence-electron chi connectivity index (χ2n) is 4.48. The smallest absolute Gasteiger partial charge is 0.427 e. The molecule has 0 aliphatic rings. The minimum atomic E-state index is -5.08. The van der Waals surface area contributed by atoms with E-state index in [9.17, 15) is 22.8 Å². The fourth-order valence-corrected chi connectivity index (χ4v) is 1.74. The average Bonchev–Trinajstić information content (AvgIpc) is 2.48. The van der Waals surface area contributed by atoms with Crippen LogP contribution in [0.1, 0.15) is 12.0 Å². The van der Waals surface area contributed by atoms with Gasteiger partial charge in [0.05, 0.1) is 6.61 Å². The maximum atomic E-state index is 13.4. The molecule has 0 saturated heterocycles. The minimum Gasteiger partial charge on any atom is -0.464 e. The highest BCUT2D eigenvalue weighted by Crippen LogP contribution is 2.38. The Labute approximate surface area is 129 Å². The Morgan fingerprint density at radius 1 is 1.22 bits per heavy atom. The number of halogens is 3. The first kappa shape index (κ1) is 18.5. The zero-order valence-electron chi connectivity index (χ0n) is 11.9. The van der Waals surface area contributed by atoms with Crippen LogP contribution >= 0.6 is 0 Å². The Morgan fingerprint density at radius 3 is 2.30 bits per heavy atom. The molecule has 2 amide bonds. The topological polar surface area (TPSA) is 87.7 Å². The van der Waals surface area contributed by atoms with Crippen molar-refractivity contribution < 1.29 is 32.6 Å². The summed E-state index contributed by atoms with van der Waals surface area (Å²) in [7, 11) is 0. The number of hydrazine groups is 1. The molecule has 0 spiro atoms. The molecule has 1 atom stereocenters. The van der Waals surface area contributed by atoms with Crippen LogP contribution in [0.2, 0.25) is 0 Å². The summed E-state index contributed by atoms with van der Waals surface area (Å²) in [5.74, 6) is -1.68. The summed E-state index contributed by atoms with van der Waals surface area (Å²) in [5, 5.41) is 8.40. The van der Waals surface area contributed by atoms with Gasteiger partial charge >= 0.3 is 12.3 Å². The zero-order chi connectivity index (χ0) is 17.5. The molecular formula is C14H15F3N2O4. The van der Waals surface area contributed by atoms with Crippen molar-refractivity contribution in [3.05, 3.63) is 48.6 Å². The molecule has 0 saturated carbocycles. The fraction of sp³-hybridized carbons (Fsp3) is 0.286. The Kier molecular flexibility index (Phi) is 6.14. The van der Waals surface area contributed by atoms with Crippen LogP contribution < -0.4 is 10.9 Å². The normalized spacial score (nSPS) is 13.7. The Balaban J connectivity index is 3.04. The van der Waals surface area contributed by atoms with E-state index in [4.69, 9.17) is 9.84 Å². The highest BCUT2D eigenvalue weighted by Gasteiger charge is 2.61. The van der Waals surface area contributed by atoms with Gasteiger partial charge in [0, 0.05) is 6.42 Å². The predicted octanol–water partition coefficient (Wildman–Crippen LogP) is 2.38. The van der Waals surface area contributed by atoms with E-state index in [0.29, 0.717) is 5.56 Å². The molecule has 9 heteroatoms. The molecule has 0 fully saturated rings. The van der Waals surface area contributed by atoms with Gasteiger partial charge in [-0.3, -0.25) is 10.2 Å². The van der Waals surface area contributed by atoms with Crippen LogP contribution in [0.5, 0.6) is 0 Å². The van der Waals surface area contributed by atoms with Crippen LogP contribution in [0, 0.1) is 0 Å². The van der Waals surface area contributed by atoms with Crippen molar-refractivity contribution in [2.75, 3.05) is 0 Å². The Morgan fingerprint density at radius 2 is 1.83 bits per heavy atom. The molecule has 1 aromatic rings. The standard InChI is InChI=1S/C14H15F3N2O4/c1-2-8-13(14(15,16)17,11(20)18-19-12(21)22)23-9-10-6-4-3-5-7-10/h2-7,19H,1,8-9H2,(H,18,20)(H,21,22). The van der Waals surface area contributed by atoms with E-state index in [2.05, 4.69) is 6.58 Å². The lowest BCUT2D eigenvalue weighted by Crippen LogP contribution is -2.61. The van der Waals surface area contributed by atoms with Gasteiger partial charge in [-0.15, -0.1) is 6.58 Å². The first-order valence-corrected chi connectivity index (χ1v) is 6.38. The third kappa shape index (κ3) is 4.71. The van der Waals surface area contributed by atoms with E-state index in [-0.39, 0.29) is 0 Å². The van der Waals surface area contributed by atoms with Crippen molar-refractivity contribution in [3.63, 3.8) is 0 Å². The van der Waals surface area contributed by atoms with Gasteiger partial charge in [-0.1, -0.05) is 36.4 Å². The predicted molar refractivity (Wildman–Crippen MR) is 74.1 cm³/mol. The largest absolute Gasteiger partial charge is 0.464 e. The monoisotopic (exact) mass is 332 g/mol. The second kappa shape index (κ2) is 7.63. The zero-order valence-corrected chi connectivity index (χ0v) is 11.9. The molecule has 3 N–H and O–H groups in total. The lowest BCUT2D eigenvalue weighted by molar-refractivity contribution is -0.270. The second-order valence-corrected chi connectivity index (χ2v) is 4.48. The van der Waals surface area contributed by atoms with Crippen LogP contribution in [-0.2, 0) is 16.1 Å². The Hall–Kier alpha value is -2.55. The Bertz CT molecular complexity index is 563. The molecule has 0 aliphatic heterocycles. The van der Waals surface area contributed by atoms with E-state index in [1.165, 1.54) is 23.0 Å². The number of carbonyl (C=O) groups excluding carboxylic acids is 1. The summed E-state index contributed by atoms with van der Waals surface area (Å²) >= 11 is 0. The van der Waals surface area contributed by atoms with Gasteiger partial charge in [-0.2, -0.15) is 13.2 Å². The van der Waals surface area contributed by atoms with Crippen LogP contribution in [0.15, 0.2) is 43.0 Å².